The second-order valence-electron chi connectivity index (χ2n) is 5.10. The first kappa shape index (κ1) is 18.8. The fourth-order valence-corrected chi connectivity index (χ4v) is 1.84. The van der Waals surface area contributed by atoms with Crippen LogP contribution in [0.1, 0.15) is 43.5 Å². The van der Waals surface area contributed by atoms with Crippen LogP contribution in [-0.2, 0) is 4.79 Å². The predicted molar refractivity (Wildman–Crippen MR) is 89.0 cm³/mol. The topological polar surface area (TPSA) is 76.7 Å². The maximum absolute atomic E-state index is 12.1. The first-order chi connectivity index (χ1) is 11.1. The van der Waals surface area contributed by atoms with Crippen molar-refractivity contribution in [2.45, 2.75) is 33.1 Å². The Morgan fingerprint density at radius 1 is 1.09 bits per heavy atom. The highest BCUT2D eigenvalue weighted by Gasteiger charge is 2.12. The zero-order valence-electron chi connectivity index (χ0n) is 14.1. The van der Waals surface area contributed by atoms with E-state index in [-0.39, 0.29) is 18.4 Å². The van der Waals surface area contributed by atoms with Gasteiger partial charge in [-0.2, -0.15) is 0 Å². The lowest BCUT2D eigenvalue weighted by molar-refractivity contribution is -0.120. The van der Waals surface area contributed by atoms with Crippen LogP contribution in [0, 0.1) is 0 Å². The summed E-state index contributed by atoms with van der Waals surface area (Å²) < 4.78 is 10.9. The number of ether oxygens (including phenoxy) is 2. The van der Waals surface area contributed by atoms with Gasteiger partial charge >= 0.3 is 0 Å². The van der Waals surface area contributed by atoms with Gasteiger partial charge in [0.25, 0.3) is 5.91 Å². The molecule has 0 bridgehead atoms. The Balaban J connectivity index is 2.61. The lowest BCUT2D eigenvalue weighted by Crippen LogP contribution is -2.37. The van der Waals surface area contributed by atoms with Crippen LogP contribution in [0.4, 0.5) is 0 Å². The second kappa shape index (κ2) is 10.5. The molecule has 0 atom stereocenters. The zero-order valence-corrected chi connectivity index (χ0v) is 14.1. The van der Waals surface area contributed by atoms with Gasteiger partial charge in [-0.15, -0.1) is 0 Å². The van der Waals surface area contributed by atoms with E-state index in [2.05, 4.69) is 17.6 Å². The summed E-state index contributed by atoms with van der Waals surface area (Å²) in [4.78, 5) is 23.6. The minimum atomic E-state index is -0.324. The van der Waals surface area contributed by atoms with Gasteiger partial charge in [-0.1, -0.05) is 20.3 Å². The lowest BCUT2D eigenvalue weighted by atomic mass is 10.2. The van der Waals surface area contributed by atoms with Crippen LogP contribution < -0.4 is 20.1 Å². The quantitative estimate of drug-likeness (QED) is 0.647. The number of benzene rings is 1. The smallest absolute Gasteiger partial charge is 0.251 e. The maximum Gasteiger partial charge on any atom is 0.251 e. The fraction of sp³-hybridized carbons (Fsp3) is 0.529. The molecule has 0 aliphatic heterocycles. The molecule has 0 aliphatic rings. The average molecular weight is 322 g/mol. The molecule has 0 aromatic heterocycles. The van der Waals surface area contributed by atoms with Crippen molar-refractivity contribution in [3.8, 4) is 11.5 Å². The molecule has 23 heavy (non-hydrogen) atoms. The minimum absolute atomic E-state index is 0.0457. The standard InChI is InChI=1S/C17H26N2O4/c1-4-6-10-23-14-8-7-13(11-15(14)22-3)17(21)19-12-16(20)18-9-5-2/h7-8,11H,4-6,9-10,12H2,1-3H3,(H,18,20)(H,19,21). The summed E-state index contributed by atoms with van der Waals surface area (Å²) in [5.74, 6) is 0.587. The number of carbonyl (C=O) groups is 2. The normalized spacial score (nSPS) is 10.0. The average Bonchev–Trinajstić information content (AvgIpc) is 2.58. The van der Waals surface area contributed by atoms with Crippen LogP contribution in [0.2, 0.25) is 0 Å². The molecule has 1 aromatic carbocycles. The van der Waals surface area contributed by atoms with E-state index >= 15 is 0 Å². The number of amides is 2. The van der Waals surface area contributed by atoms with Crippen molar-refractivity contribution >= 4 is 11.8 Å². The van der Waals surface area contributed by atoms with Crippen molar-refractivity contribution in [1.29, 1.82) is 0 Å². The maximum atomic E-state index is 12.1. The number of rotatable bonds is 10. The largest absolute Gasteiger partial charge is 0.493 e. The molecule has 0 saturated carbocycles. The first-order valence-electron chi connectivity index (χ1n) is 7.98. The molecule has 1 aromatic rings. The summed E-state index contributed by atoms with van der Waals surface area (Å²) in [6.45, 7) is 5.22. The molecule has 0 unspecified atom stereocenters. The van der Waals surface area contributed by atoms with Crippen LogP contribution in [-0.4, -0.2) is 38.6 Å². The Kier molecular flexibility index (Phi) is 8.57. The lowest BCUT2D eigenvalue weighted by Gasteiger charge is -2.12. The van der Waals surface area contributed by atoms with Crippen molar-refractivity contribution in [1.82, 2.24) is 10.6 Å². The second-order valence-corrected chi connectivity index (χ2v) is 5.10. The number of hydrogen-bond acceptors (Lipinski definition) is 4. The zero-order chi connectivity index (χ0) is 17.1. The summed E-state index contributed by atoms with van der Waals surface area (Å²) >= 11 is 0. The van der Waals surface area contributed by atoms with Crippen molar-refractivity contribution < 1.29 is 19.1 Å². The van der Waals surface area contributed by atoms with E-state index < -0.39 is 0 Å². The fourth-order valence-electron chi connectivity index (χ4n) is 1.84. The van der Waals surface area contributed by atoms with E-state index in [0.717, 1.165) is 19.3 Å². The molecule has 0 aliphatic carbocycles. The highest BCUT2D eigenvalue weighted by molar-refractivity contribution is 5.97. The summed E-state index contributed by atoms with van der Waals surface area (Å²) in [5, 5.41) is 5.28. The van der Waals surface area contributed by atoms with Gasteiger partial charge in [-0.05, 0) is 31.0 Å². The van der Waals surface area contributed by atoms with Crippen molar-refractivity contribution in [3.05, 3.63) is 23.8 Å². The summed E-state index contributed by atoms with van der Waals surface area (Å²) in [5.41, 5.74) is 0.424. The van der Waals surface area contributed by atoms with Gasteiger partial charge in [0.05, 0.1) is 20.3 Å². The van der Waals surface area contributed by atoms with E-state index in [1.165, 1.54) is 7.11 Å². The summed E-state index contributed by atoms with van der Waals surface area (Å²) in [6, 6.07) is 4.98. The highest BCUT2D eigenvalue weighted by Crippen LogP contribution is 2.28. The third kappa shape index (κ3) is 6.59. The van der Waals surface area contributed by atoms with E-state index in [0.29, 0.717) is 30.2 Å². The molecule has 0 spiro atoms. The Labute approximate surface area is 137 Å². The third-order valence-electron chi connectivity index (χ3n) is 3.16. The summed E-state index contributed by atoms with van der Waals surface area (Å²) in [6.07, 6.45) is 2.86. The molecule has 0 radical (unpaired) electrons. The van der Waals surface area contributed by atoms with Gasteiger partial charge in [0, 0.05) is 12.1 Å². The van der Waals surface area contributed by atoms with E-state index in [1.807, 2.05) is 6.92 Å². The van der Waals surface area contributed by atoms with Crippen LogP contribution in [0.15, 0.2) is 18.2 Å². The number of nitrogens with one attached hydrogen (secondary N) is 2. The van der Waals surface area contributed by atoms with Crippen LogP contribution >= 0.6 is 0 Å². The molecular formula is C17H26N2O4. The monoisotopic (exact) mass is 322 g/mol. The number of carbonyl (C=O) groups excluding carboxylic acids is 2. The molecule has 0 saturated heterocycles. The molecule has 2 N–H and O–H groups in total. The molecule has 128 valence electrons. The molecule has 6 heteroatoms. The van der Waals surface area contributed by atoms with Crippen LogP contribution in [0.25, 0.3) is 0 Å². The Hall–Kier alpha value is -2.24. The van der Waals surface area contributed by atoms with E-state index in [4.69, 9.17) is 9.47 Å². The van der Waals surface area contributed by atoms with Crippen molar-refractivity contribution in [3.63, 3.8) is 0 Å². The number of methoxy groups -OCH3 is 1. The van der Waals surface area contributed by atoms with E-state index in [1.54, 1.807) is 18.2 Å². The van der Waals surface area contributed by atoms with Gasteiger partial charge < -0.3 is 20.1 Å². The van der Waals surface area contributed by atoms with E-state index in [9.17, 15) is 9.59 Å². The van der Waals surface area contributed by atoms with Gasteiger partial charge in [-0.3, -0.25) is 9.59 Å². The molecule has 0 heterocycles. The molecule has 6 nitrogen and oxygen atoms in total. The molecular weight excluding hydrogens is 296 g/mol. The van der Waals surface area contributed by atoms with Gasteiger partial charge in [0.1, 0.15) is 0 Å². The predicted octanol–water partition coefficient (Wildman–Crippen LogP) is 2.13. The Bertz CT molecular complexity index is 517. The van der Waals surface area contributed by atoms with Gasteiger partial charge in [-0.25, -0.2) is 0 Å². The SMILES string of the molecule is CCCCOc1ccc(C(=O)NCC(=O)NCCC)cc1OC. The highest BCUT2D eigenvalue weighted by atomic mass is 16.5. The number of hydrogen-bond donors (Lipinski definition) is 2. The van der Waals surface area contributed by atoms with Crippen LogP contribution in [0.5, 0.6) is 11.5 Å². The Morgan fingerprint density at radius 2 is 1.87 bits per heavy atom. The summed E-state index contributed by atoms with van der Waals surface area (Å²) in [7, 11) is 1.53. The molecule has 2 amide bonds. The molecule has 1 rings (SSSR count). The Morgan fingerprint density at radius 3 is 2.52 bits per heavy atom. The van der Waals surface area contributed by atoms with Gasteiger partial charge in [0.2, 0.25) is 5.91 Å². The van der Waals surface area contributed by atoms with Crippen LogP contribution in [0.3, 0.4) is 0 Å². The first-order valence-corrected chi connectivity index (χ1v) is 7.98. The van der Waals surface area contributed by atoms with Crippen molar-refractivity contribution in [2.24, 2.45) is 0 Å². The minimum Gasteiger partial charge on any atom is -0.493 e. The van der Waals surface area contributed by atoms with Crippen molar-refractivity contribution in [2.75, 3.05) is 26.8 Å². The third-order valence-corrected chi connectivity index (χ3v) is 3.16. The molecule has 0 fully saturated rings. The van der Waals surface area contributed by atoms with Gasteiger partial charge in [0.15, 0.2) is 11.5 Å². The number of unbranched alkanes of at least 4 members (excludes halogenated alkanes) is 1.